The molecule has 0 heterocycles. The number of hydrogen-bond donors (Lipinski definition) is 2. The Morgan fingerprint density at radius 2 is 1.45 bits per heavy atom. The summed E-state index contributed by atoms with van der Waals surface area (Å²) in [6, 6.07) is 20.9. The largest absolute Gasteiger partial charge is 0.465 e. The van der Waals surface area contributed by atoms with Crippen molar-refractivity contribution in [2.24, 2.45) is 11.3 Å². The van der Waals surface area contributed by atoms with Gasteiger partial charge in [-0.05, 0) is 46.0 Å². The molecule has 208 valence electrons. The fourth-order valence-electron chi connectivity index (χ4n) is 6.29. The van der Waals surface area contributed by atoms with E-state index in [1.165, 1.54) is 10.4 Å². The van der Waals surface area contributed by atoms with Crippen LogP contribution in [0.2, 0.25) is 5.04 Å². The highest BCUT2D eigenvalue weighted by Gasteiger charge is 2.59. The normalized spacial score (nSPS) is 22.5. The summed E-state index contributed by atoms with van der Waals surface area (Å²) < 4.78 is 7.58. The van der Waals surface area contributed by atoms with Crippen molar-refractivity contribution < 1.29 is 19.1 Å². The van der Waals surface area contributed by atoms with Gasteiger partial charge in [0.05, 0.1) is 11.6 Å². The number of benzene rings is 2. The lowest BCUT2D eigenvalue weighted by atomic mass is 9.61. The summed E-state index contributed by atoms with van der Waals surface area (Å²) in [5.74, 6) is 0.134. The Morgan fingerprint density at radius 3 is 1.84 bits per heavy atom. The summed E-state index contributed by atoms with van der Waals surface area (Å²) in [6.45, 7) is 13.0. The monoisotopic (exact) mass is 538 g/mol. The molecule has 3 rings (SSSR count). The lowest BCUT2D eigenvalue weighted by Gasteiger charge is -2.57. The Hall–Kier alpha value is -2.64. The van der Waals surface area contributed by atoms with Crippen LogP contribution < -0.4 is 15.7 Å². The molecule has 2 N–H and O–H groups in total. The number of nitrogens with zero attached hydrogens (tertiary/aromatic N) is 1. The van der Waals surface area contributed by atoms with Crippen molar-refractivity contribution in [2.45, 2.75) is 83.9 Å². The molecule has 0 saturated heterocycles. The number of nitrogens with one attached hydrogen (secondary N) is 1. The van der Waals surface area contributed by atoms with Crippen LogP contribution in [0.15, 0.2) is 60.7 Å². The third kappa shape index (κ3) is 5.84. The zero-order valence-corrected chi connectivity index (χ0v) is 25.4. The summed E-state index contributed by atoms with van der Waals surface area (Å²) in [7, 11) is 0.605. The van der Waals surface area contributed by atoms with Crippen LogP contribution in [0, 0.1) is 11.3 Å². The molecule has 0 radical (unpaired) electrons. The van der Waals surface area contributed by atoms with Gasteiger partial charge in [0.2, 0.25) is 5.91 Å². The number of carboxylic acid groups (broad SMARTS) is 1. The molecule has 7 heteroatoms. The molecule has 0 spiro atoms. The van der Waals surface area contributed by atoms with E-state index in [0.29, 0.717) is 19.3 Å². The second-order valence-electron chi connectivity index (χ2n) is 13.1. The predicted molar refractivity (Wildman–Crippen MR) is 156 cm³/mol. The summed E-state index contributed by atoms with van der Waals surface area (Å²) in [4.78, 5) is 26.7. The molecule has 3 atom stereocenters. The van der Waals surface area contributed by atoms with Gasteiger partial charge in [-0.3, -0.25) is 4.79 Å². The first-order valence-corrected chi connectivity index (χ1v) is 15.5. The van der Waals surface area contributed by atoms with Gasteiger partial charge in [-0.1, -0.05) is 102 Å². The van der Waals surface area contributed by atoms with Crippen molar-refractivity contribution in [3.05, 3.63) is 60.7 Å². The van der Waals surface area contributed by atoms with E-state index in [0.717, 1.165) is 6.42 Å². The molecule has 6 nitrogen and oxygen atoms in total. The Labute approximate surface area is 229 Å². The second kappa shape index (κ2) is 11.2. The van der Waals surface area contributed by atoms with Gasteiger partial charge in [-0.2, -0.15) is 0 Å². The third-order valence-electron chi connectivity index (χ3n) is 8.36. The third-order valence-corrected chi connectivity index (χ3v) is 13.4. The Morgan fingerprint density at radius 1 is 0.947 bits per heavy atom. The number of amides is 2. The van der Waals surface area contributed by atoms with Crippen LogP contribution in [-0.4, -0.2) is 56.1 Å². The van der Waals surface area contributed by atoms with Gasteiger partial charge >= 0.3 is 6.09 Å². The van der Waals surface area contributed by atoms with Crippen molar-refractivity contribution in [3.63, 3.8) is 0 Å². The molecule has 0 aliphatic heterocycles. The molecule has 1 aliphatic carbocycles. The minimum Gasteiger partial charge on any atom is -0.465 e. The highest BCUT2D eigenvalue weighted by atomic mass is 28.4. The molecule has 1 aliphatic rings. The average Bonchev–Trinajstić information content (AvgIpc) is 2.82. The van der Waals surface area contributed by atoms with Gasteiger partial charge in [0, 0.05) is 20.5 Å². The summed E-state index contributed by atoms with van der Waals surface area (Å²) in [6.07, 6.45) is 1.00. The average molecular weight is 539 g/mol. The molecule has 0 unspecified atom stereocenters. The van der Waals surface area contributed by atoms with Gasteiger partial charge in [-0.25, -0.2) is 4.79 Å². The number of rotatable bonds is 7. The van der Waals surface area contributed by atoms with Crippen molar-refractivity contribution in [1.29, 1.82) is 0 Å². The van der Waals surface area contributed by atoms with Gasteiger partial charge < -0.3 is 19.7 Å². The van der Waals surface area contributed by atoms with Gasteiger partial charge in [0.25, 0.3) is 8.32 Å². The zero-order valence-electron chi connectivity index (χ0n) is 24.4. The van der Waals surface area contributed by atoms with Crippen LogP contribution in [0.5, 0.6) is 0 Å². The Kier molecular flexibility index (Phi) is 8.83. The van der Waals surface area contributed by atoms with Crippen molar-refractivity contribution in [3.8, 4) is 0 Å². The van der Waals surface area contributed by atoms with Crippen molar-refractivity contribution >= 4 is 30.7 Å². The molecule has 2 aromatic carbocycles. The van der Waals surface area contributed by atoms with Gasteiger partial charge in [-0.15, -0.1) is 0 Å². The summed E-state index contributed by atoms with van der Waals surface area (Å²) in [5.41, 5.74) is -1.33. The fourth-order valence-corrected chi connectivity index (χ4v) is 11.0. The SMILES string of the molecule is CN(C)C(=O)C[C@H]1CC[C@@H](O[Si](c2ccccc2)(c2ccccc2)C(C)(C)C)[C@](NC(=O)O)(C(C)(C)C)C1. The molecule has 2 amide bonds. The fraction of sp³-hybridized carbons (Fsp3) is 0.548. The highest BCUT2D eigenvalue weighted by Crippen LogP contribution is 2.49. The summed E-state index contributed by atoms with van der Waals surface area (Å²) in [5, 5.41) is 15.2. The summed E-state index contributed by atoms with van der Waals surface area (Å²) >= 11 is 0. The van der Waals surface area contributed by atoms with E-state index in [-0.39, 0.29) is 23.0 Å². The molecule has 1 fully saturated rings. The first kappa shape index (κ1) is 29.9. The maximum atomic E-state index is 12.7. The number of carbonyl (C=O) groups excluding carboxylic acids is 1. The smallest absolute Gasteiger partial charge is 0.405 e. The van der Waals surface area contributed by atoms with E-state index in [4.69, 9.17) is 4.43 Å². The quantitative estimate of drug-likeness (QED) is 0.471. The van der Waals surface area contributed by atoms with E-state index in [2.05, 4.69) is 95.4 Å². The molecule has 2 aromatic rings. The van der Waals surface area contributed by atoms with Crippen LogP contribution in [-0.2, 0) is 9.22 Å². The van der Waals surface area contributed by atoms with E-state index in [9.17, 15) is 14.7 Å². The molecule has 1 saturated carbocycles. The van der Waals surface area contributed by atoms with Gasteiger partial charge in [0.1, 0.15) is 0 Å². The minimum absolute atomic E-state index is 0.0648. The predicted octanol–water partition coefficient (Wildman–Crippen LogP) is 5.26. The zero-order chi connectivity index (χ0) is 28.4. The Balaban J connectivity index is 2.21. The van der Waals surface area contributed by atoms with Crippen LogP contribution in [0.1, 0.15) is 67.2 Å². The molecule has 0 bridgehead atoms. The number of hydrogen-bond acceptors (Lipinski definition) is 3. The lowest BCUT2D eigenvalue weighted by molar-refractivity contribution is -0.131. The van der Waals surface area contributed by atoms with Crippen molar-refractivity contribution in [1.82, 2.24) is 10.2 Å². The standard InChI is InChI=1S/C31H46N2O4Si/c1-29(2,3)31(32-28(35)36)22-23(21-27(34)33(7)8)19-20-26(31)37-38(30(4,5)6,24-15-11-9-12-16-24)25-17-13-10-14-18-25/h9-18,23,26,32H,19-22H2,1-8H3,(H,35,36)/t23-,26-,31+/m1/s1. The van der Waals surface area contributed by atoms with E-state index < -0.39 is 25.4 Å². The molecular weight excluding hydrogens is 492 g/mol. The van der Waals surface area contributed by atoms with Crippen LogP contribution >= 0.6 is 0 Å². The van der Waals surface area contributed by atoms with Gasteiger partial charge in [0.15, 0.2) is 0 Å². The topological polar surface area (TPSA) is 78.9 Å². The maximum absolute atomic E-state index is 12.7. The maximum Gasteiger partial charge on any atom is 0.405 e. The molecule has 0 aromatic heterocycles. The Bertz CT molecular complexity index is 1050. The van der Waals surface area contributed by atoms with E-state index in [1.807, 2.05) is 12.1 Å². The molecular formula is C31H46N2O4Si. The minimum atomic E-state index is -2.94. The van der Waals surface area contributed by atoms with Crippen LogP contribution in [0.25, 0.3) is 0 Å². The van der Waals surface area contributed by atoms with E-state index in [1.54, 1.807) is 19.0 Å². The highest BCUT2D eigenvalue weighted by molar-refractivity contribution is 6.99. The number of carbonyl (C=O) groups is 2. The van der Waals surface area contributed by atoms with E-state index >= 15 is 0 Å². The van der Waals surface area contributed by atoms with Crippen molar-refractivity contribution in [2.75, 3.05) is 14.1 Å². The molecule has 38 heavy (non-hydrogen) atoms. The first-order valence-electron chi connectivity index (χ1n) is 13.6. The lowest BCUT2D eigenvalue weighted by Crippen LogP contribution is -2.74. The second-order valence-corrected chi connectivity index (χ2v) is 17.3. The first-order chi connectivity index (χ1) is 17.6. The van der Waals surface area contributed by atoms with Crippen LogP contribution in [0.4, 0.5) is 4.79 Å². The van der Waals surface area contributed by atoms with Crippen LogP contribution in [0.3, 0.4) is 0 Å².